The lowest BCUT2D eigenvalue weighted by molar-refractivity contribution is 0.0167. The van der Waals surface area contributed by atoms with Gasteiger partial charge in [-0.3, -0.25) is 0 Å². The Morgan fingerprint density at radius 2 is 2.53 bits per heavy atom. The fourth-order valence-corrected chi connectivity index (χ4v) is 2.50. The van der Waals surface area contributed by atoms with Gasteiger partial charge in [0.05, 0.1) is 11.1 Å². The first-order valence-corrected chi connectivity index (χ1v) is 5.93. The number of rotatable bonds is 3. The van der Waals surface area contributed by atoms with Gasteiger partial charge in [0.1, 0.15) is 0 Å². The van der Waals surface area contributed by atoms with Crippen LogP contribution in [0.3, 0.4) is 0 Å². The standard InChI is InChI=1S/C10H13NO3S/c12-10(13)8-6-15-9(11-8)5-7-3-1-2-4-14-7/h6-7H,1-5H2,(H,12,13). The van der Waals surface area contributed by atoms with Gasteiger partial charge in [-0.2, -0.15) is 0 Å². The van der Waals surface area contributed by atoms with Crippen molar-refractivity contribution >= 4 is 17.3 Å². The zero-order valence-electron chi connectivity index (χ0n) is 8.31. The van der Waals surface area contributed by atoms with Gasteiger partial charge in [0.25, 0.3) is 0 Å². The summed E-state index contributed by atoms with van der Waals surface area (Å²) in [4.78, 5) is 14.7. The van der Waals surface area contributed by atoms with Crippen molar-refractivity contribution in [2.45, 2.75) is 31.8 Å². The highest BCUT2D eigenvalue weighted by molar-refractivity contribution is 7.09. The van der Waals surface area contributed by atoms with Crippen LogP contribution in [-0.2, 0) is 11.2 Å². The molecule has 2 rings (SSSR count). The second kappa shape index (κ2) is 4.72. The molecule has 2 heterocycles. The molecule has 1 atom stereocenters. The molecule has 5 heteroatoms. The lowest BCUT2D eigenvalue weighted by Gasteiger charge is -2.21. The minimum absolute atomic E-state index is 0.144. The van der Waals surface area contributed by atoms with Gasteiger partial charge in [0.2, 0.25) is 0 Å². The van der Waals surface area contributed by atoms with E-state index in [1.54, 1.807) is 5.38 Å². The molecule has 4 nitrogen and oxygen atoms in total. The molecule has 1 aromatic rings. The molecule has 1 fully saturated rings. The molecular formula is C10H13NO3S. The molecule has 1 saturated heterocycles. The number of nitrogens with zero attached hydrogens (tertiary/aromatic N) is 1. The van der Waals surface area contributed by atoms with Crippen LogP contribution in [0.25, 0.3) is 0 Å². The highest BCUT2D eigenvalue weighted by Crippen LogP contribution is 2.19. The molecule has 0 radical (unpaired) electrons. The highest BCUT2D eigenvalue weighted by Gasteiger charge is 2.17. The Morgan fingerprint density at radius 3 is 3.13 bits per heavy atom. The van der Waals surface area contributed by atoms with Crippen molar-refractivity contribution < 1.29 is 14.6 Å². The maximum atomic E-state index is 10.6. The SMILES string of the molecule is O=C(O)c1csc(CC2CCCCO2)n1. The van der Waals surface area contributed by atoms with Crippen molar-refractivity contribution in [3.05, 3.63) is 16.1 Å². The van der Waals surface area contributed by atoms with Gasteiger partial charge in [-0.05, 0) is 19.3 Å². The second-order valence-electron chi connectivity index (χ2n) is 3.62. The highest BCUT2D eigenvalue weighted by atomic mass is 32.1. The first-order chi connectivity index (χ1) is 7.25. The number of carboxylic acids is 1. The Labute approximate surface area is 91.9 Å². The molecule has 1 aliphatic heterocycles. The summed E-state index contributed by atoms with van der Waals surface area (Å²) in [5, 5.41) is 11.2. The van der Waals surface area contributed by atoms with E-state index in [9.17, 15) is 4.79 Å². The topological polar surface area (TPSA) is 59.4 Å². The van der Waals surface area contributed by atoms with Crippen LogP contribution in [0.4, 0.5) is 0 Å². The zero-order chi connectivity index (χ0) is 10.7. The Hall–Kier alpha value is -0.940. The zero-order valence-corrected chi connectivity index (χ0v) is 9.13. The third kappa shape index (κ3) is 2.76. The Balaban J connectivity index is 1.94. The van der Waals surface area contributed by atoms with E-state index in [2.05, 4.69) is 4.98 Å². The summed E-state index contributed by atoms with van der Waals surface area (Å²) in [7, 11) is 0. The van der Waals surface area contributed by atoms with E-state index in [4.69, 9.17) is 9.84 Å². The quantitative estimate of drug-likeness (QED) is 0.857. The molecule has 1 aliphatic rings. The molecule has 0 aliphatic carbocycles. The van der Waals surface area contributed by atoms with Crippen LogP contribution in [0, 0.1) is 0 Å². The van der Waals surface area contributed by atoms with Crippen LogP contribution >= 0.6 is 11.3 Å². The average molecular weight is 227 g/mol. The van der Waals surface area contributed by atoms with Gasteiger partial charge >= 0.3 is 5.97 Å². The van der Waals surface area contributed by atoms with Crippen LogP contribution < -0.4 is 0 Å². The largest absolute Gasteiger partial charge is 0.476 e. The van der Waals surface area contributed by atoms with Crippen LogP contribution in [-0.4, -0.2) is 28.8 Å². The van der Waals surface area contributed by atoms with E-state index >= 15 is 0 Å². The molecule has 0 amide bonds. The summed E-state index contributed by atoms with van der Waals surface area (Å²) in [6, 6.07) is 0. The first-order valence-electron chi connectivity index (χ1n) is 5.05. The molecule has 0 bridgehead atoms. The molecule has 1 unspecified atom stereocenters. The summed E-state index contributed by atoms with van der Waals surface area (Å²) in [6.45, 7) is 0.821. The molecule has 1 N–H and O–H groups in total. The van der Waals surface area contributed by atoms with Crippen molar-refractivity contribution in [3.63, 3.8) is 0 Å². The van der Waals surface area contributed by atoms with E-state index in [1.807, 2.05) is 0 Å². The van der Waals surface area contributed by atoms with Gasteiger partial charge in [0.15, 0.2) is 5.69 Å². The maximum absolute atomic E-state index is 10.6. The number of hydrogen-bond acceptors (Lipinski definition) is 4. The number of aromatic carboxylic acids is 1. The third-order valence-electron chi connectivity index (χ3n) is 2.45. The summed E-state index contributed by atoms with van der Waals surface area (Å²) in [6.07, 6.45) is 4.36. The summed E-state index contributed by atoms with van der Waals surface area (Å²) < 4.78 is 5.57. The summed E-state index contributed by atoms with van der Waals surface area (Å²) in [5.41, 5.74) is 0.144. The Kier molecular flexibility index (Phi) is 3.33. The van der Waals surface area contributed by atoms with E-state index < -0.39 is 5.97 Å². The van der Waals surface area contributed by atoms with Crippen LogP contribution in [0.15, 0.2) is 5.38 Å². The predicted octanol–water partition coefficient (Wildman–Crippen LogP) is 1.95. The first kappa shape index (κ1) is 10.6. The predicted molar refractivity (Wildman–Crippen MR) is 56.4 cm³/mol. The monoisotopic (exact) mass is 227 g/mol. The van der Waals surface area contributed by atoms with Gasteiger partial charge < -0.3 is 9.84 Å². The molecule has 15 heavy (non-hydrogen) atoms. The van der Waals surface area contributed by atoms with Crippen LogP contribution in [0.1, 0.15) is 34.8 Å². The molecule has 82 valence electrons. The van der Waals surface area contributed by atoms with Gasteiger partial charge in [0, 0.05) is 18.4 Å². The normalized spacial score (nSPS) is 21.5. The van der Waals surface area contributed by atoms with Gasteiger partial charge in [-0.15, -0.1) is 11.3 Å². The number of hydrogen-bond donors (Lipinski definition) is 1. The summed E-state index contributed by atoms with van der Waals surface area (Å²) in [5.74, 6) is -0.956. The minimum Gasteiger partial charge on any atom is -0.476 e. The second-order valence-corrected chi connectivity index (χ2v) is 4.57. The van der Waals surface area contributed by atoms with E-state index in [0.717, 1.165) is 30.9 Å². The number of thiazole rings is 1. The minimum atomic E-state index is -0.956. The van der Waals surface area contributed by atoms with Crippen molar-refractivity contribution in [3.8, 4) is 0 Å². The molecule has 0 saturated carbocycles. The Morgan fingerprint density at radius 1 is 1.67 bits per heavy atom. The lowest BCUT2D eigenvalue weighted by Crippen LogP contribution is -2.21. The van der Waals surface area contributed by atoms with Crippen molar-refractivity contribution in [1.82, 2.24) is 4.98 Å². The van der Waals surface area contributed by atoms with Crippen LogP contribution in [0.2, 0.25) is 0 Å². The van der Waals surface area contributed by atoms with Gasteiger partial charge in [-0.25, -0.2) is 9.78 Å². The number of carbonyl (C=O) groups is 1. The fourth-order valence-electron chi connectivity index (χ4n) is 1.67. The van der Waals surface area contributed by atoms with Crippen molar-refractivity contribution in [2.24, 2.45) is 0 Å². The average Bonchev–Trinajstić information content (AvgIpc) is 2.68. The number of ether oxygens (including phenoxy) is 1. The fraction of sp³-hybridized carbons (Fsp3) is 0.600. The summed E-state index contributed by atoms with van der Waals surface area (Å²) >= 11 is 1.40. The molecule has 0 spiro atoms. The van der Waals surface area contributed by atoms with E-state index in [-0.39, 0.29) is 11.8 Å². The lowest BCUT2D eigenvalue weighted by atomic mass is 10.1. The number of carboxylic acid groups (broad SMARTS) is 1. The van der Waals surface area contributed by atoms with E-state index in [0.29, 0.717) is 0 Å². The molecular weight excluding hydrogens is 214 g/mol. The Bertz CT molecular complexity index is 344. The van der Waals surface area contributed by atoms with Crippen LogP contribution in [0.5, 0.6) is 0 Å². The smallest absolute Gasteiger partial charge is 0.355 e. The van der Waals surface area contributed by atoms with E-state index in [1.165, 1.54) is 17.8 Å². The molecule has 1 aromatic heterocycles. The number of aromatic nitrogens is 1. The third-order valence-corrected chi connectivity index (χ3v) is 3.32. The maximum Gasteiger partial charge on any atom is 0.355 e. The van der Waals surface area contributed by atoms with Crippen molar-refractivity contribution in [1.29, 1.82) is 0 Å². The molecule has 0 aromatic carbocycles. The van der Waals surface area contributed by atoms with Crippen molar-refractivity contribution in [2.75, 3.05) is 6.61 Å². The van der Waals surface area contributed by atoms with Gasteiger partial charge in [-0.1, -0.05) is 0 Å².